The Morgan fingerprint density at radius 3 is 1.43 bits per heavy atom. The van der Waals surface area contributed by atoms with Crippen molar-refractivity contribution in [1.82, 2.24) is 9.80 Å². The summed E-state index contributed by atoms with van der Waals surface area (Å²) in [5, 5.41) is 21.7. The van der Waals surface area contributed by atoms with Crippen molar-refractivity contribution in [2.24, 2.45) is 0 Å². The average molecular weight is 623 g/mol. The van der Waals surface area contributed by atoms with E-state index in [1.54, 1.807) is 26.4 Å². The van der Waals surface area contributed by atoms with E-state index in [1.165, 1.54) is 22.3 Å². The number of aromatic hydroxyl groups is 2. The predicted octanol–water partition coefficient (Wildman–Crippen LogP) is 7.34. The van der Waals surface area contributed by atoms with Crippen LogP contribution in [0.3, 0.4) is 0 Å². The van der Waals surface area contributed by atoms with Crippen LogP contribution in [-0.4, -0.2) is 61.4 Å². The molecule has 4 aromatic carbocycles. The highest BCUT2D eigenvalue weighted by atomic mass is 16.5. The highest BCUT2D eigenvalue weighted by molar-refractivity contribution is 5.55. The number of methoxy groups -OCH3 is 2. The number of benzene rings is 4. The van der Waals surface area contributed by atoms with E-state index in [1.807, 2.05) is 24.3 Å². The quantitative estimate of drug-likeness (QED) is 0.240. The number of ether oxygens (including phenoxy) is 4. The molecule has 8 nitrogen and oxygen atoms in total. The molecule has 0 saturated heterocycles. The third kappa shape index (κ3) is 5.72. The zero-order chi connectivity index (χ0) is 31.9. The van der Waals surface area contributed by atoms with Gasteiger partial charge in [0, 0.05) is 25.2 Å². The van der Waals surface area contributed by atoms with E-state index in [9.17, 15) is 10.2 Å². The van der Waals surface area contributed by atoms with Gasteiger partial charge in [-0.1, -0.05) is 12.1 Å². The largest absolute Gasteiger partial charge is 0.504 e. The molecule has 0 spiro atoms. The van der Waals surface area contributed by atoms with Crippen molar-refractivity contribution >= 4 is 0 Å². The van der Waals surface area contributed by atoms with E-state index in [2.05, 4.69) is 48.2 Å². The molecule has 0 fully saturated rings. The lowest BCUT2D eigenvalue weighted by Crippen LogP contribution is -2.32. The predicted molar refractivity (Wildman–Crippen MR) is 177 cm³/mol. The van der Waals surface area contributed by atoms with Crippen LogP contribution in [0.4, 0.5) is 0 Å². The van der Waals surface area contributed by atoms with Gasteiger partial charge in [0.25, 0.3) is 0 Å². The summed E-state index contributed by atoms with van der Waals surface area (Å²) in [5.41, 5.74) is 7.02. The highest BCUT2D eigenvalue weighted by Gasteiger charge is 2.29. The van der Waals surface area contributed by atoms with Gasteiger partial charge in [0.15, 0.2) is 46.0 Å². The molecule has 0 unspecified atom stereocenters. The molecule has 8 heteroatoms. The second-order valence-corrected chi connectivity index (χ2v) is 12.8. The van der Waals surface area contributed by atoms with Crippen LogP contribution in [-0.2, 0) is 25.7 Å². The van der Waals surface area contributed by atoms with Gasteiger partial charge in [-0.15, -0.1) is 0 Å². The molecule has 3 aliphatic rings. The van der Waals surface area contributed by atoms with Crippen molar-refractivity contribution in [3.05, 3.63) is 94.0 Å². The minimum Gasteiger partial charge on any atom is -0.504 e. The van der Waals surface area contributed by atoms with Gasteiger partial charge in [0.05, 0.1) is 14.2 Å². The van der Waals surface area contributed by atoms with Crippen molar-refractivity contribution in [3.8, 4) is 46.0 Å². The maximum atomic E-state index is 10.9. The van der Waals surface area contributed by atoms with Crippen molar-refractivity contribution in [1.29, 1.82) is 0 Å². The van der Waals surface area contributed by atoms with Crippen LogP contribution in [0.25, 0.3) is 0 Å². The summed E-state index contributed by atoms with van der Waals surface area (Å²) in [4.78, 5) is 4.76. The van der Waals surface area contributed by atoms with E-state index in [4.69, 9.17) is 18.9 Å². The first-order valence-electron chi connectivity index (χ1n) is 16.1. The minimum absolute atomic E-state index is 0.0940. The van der Waals surface area contributed by atoms with Crippen LogP contribution in [0.15, 0.2) is 60.7 Å². The normalized spacial score (nSPS) is 19.8. The molecule has 0 aromatic heterocycles. The first-order valence-corrected chi connectivity index (χ1v) is 16.1. The Kier molecular flexibility index (Phi) is 8.17. The summed E-state index contributed by atoms with van der Waals surface area (Å²) in [7, 11) is 7.63. The van der Waals surface area contributed by atoms with E-state index < -0.39 is 0 Å². The molecule has 240 valence electrons. The van der Waals surface area contributed by atoms with Crippen LogP contribution >= 0.6 is 0 Å². The van der Waals surface area contributed by atoms with Crippen molar-refractivity contribution < 1.29 is 29.2 Å². The first kappa shape index (κ1) is 30.3. The maximum absolute atomic E-state index is 10.9. The summed E-state index contributed by atoms with van der Waals surface area (Å²) in [5.74, 6) is 3.51. The summed E-state index contributed by atoms with van der Waals surface area (Å²) in [6.45, 7) is 1.87. The first-order chi connectivity index (χ1) is 22.3. The summed E-state index contributed by atoms with van der Waals surface area (Å²) in [6.07, 6.45) is 5.10. The summed E-state index contributed by atoms with van der Waals surface area (Å²) < 4.78 is 24.5. The van der Waals surface area contributed by atoms with Crippen molar-refractivity contribution in [2.75, 3.05) is 41.4 Å². The molecule has 0 saturated carbocycles. The van der Waals surface area contributed by atoms with Gasteiger partial charge < -0.3 is 29.2 Å². The molecule has 3 heterocycles. The fraction of sp³-hybridized carbons (Fsp3) is 0.368. The number of phenols is 2. The summed E-state index contributed by atoms with van der Waals surface area (Å²) >= 11 is 0. The van der Waals surface area contributed by atoms with Gasteiger partial charge in [0.1, 0.15) is 0 Å². The topological polar surface area (TPSA) is 83.9 Å². The smallest absolute Gasteiger partial charge is 0.169 e. The number of nitrogens with zero attached hydrogens (tertiary/aromatic N) is 2. The van der Waals surface area contributed by atoms with Gasteiger partial charge in [-0.3, -0.25) is 9.80 Å². The van der Waals surface area contributed by atoms with Gasteiger partial charge >= 0.3 is 0 Å². The fourth-order valence-corrected chi connectivity index (χ4v) is 7.33. The van der Waals surface area contributed by atoms with Crippen LogP contribution in [0.5, 0.6) is 46.0 Å². The van der Waals surface area contributed by atoms with Gasteiger partial charge in [-0.2, -0.15) is 0 Å². The fourth-order valence-electron chi connectivity index (χ4n) is 7.33. The zero-order valence-electron chi connectivity index (χ0n) is 27.0. The third-order valence-corrected chi connectivity index (χ3v) is 10.0. The Bertz CT molecular complexity index is 1640. The molecular weight excluding hydrogens is 580 g/mol. The SMILES string of the molecule is COc1cc2c3cc1Oc1cc(ccc1O)CC[C@@H]1c4cc(c(OC)cc4CCN1C)Oc1cc(ccc1O)CC[C@H]3N(C)CC2. The van der Waals surface area contributed by atoms with Gasteiger partial charge in [-0.05, 0) is 135 Å². The summed E-state index contributed by atoms with van der Waals surface area (Å²) in [6, 6.07) is 19.9. The lowest BCUT2D eigenvalue weighted by molar-refractivity contribution is 0.218. The number of rotatable bonds is 2. The number of hydrogen-bond acceptors (Lipinski definition) is 8. The monoisotopic (exact) mass is 622 g/mol. The van der Waals surface area contributed by atoms with E-state index in [-0.39, 0.29) is 23.6 Å². The third-order valence-electron chi connectivity index (χ3n) is 10.0. The number of hydrogen-bond donors (Lipinski definition) is 2. The van der Waals surface area contributed by atoms with Crippen LogP contribution in [0.2, 0.25) is 0 Å². The molecule has 3 aliphatic heterocycles. The maximum Gasteiger partial charge on any atom is 0.169 e. The van der Waals surface area contributed by atoms with Gasteiger partial charge in [-0.25, -0.2) is 0 Å². The van der Waals surface area contributed by atoms with Gasteiger partial charge in [0.2, 0.25) is 0 Å². The number of phenolic OH excluding ortho intramolecular Hbond substituents is 2. The van der Waals surface area contributed by atoms with Crippen LogP contribution in [0, 0.1) is 0 Å². The molecule has 2 atom stereocenters. The Morgan fingerprint density at radius 1 is 0.587 bits per heavy atom. The van der Waals surface area contributed by atoms with E-state index >= 15 is 0 Å². The highest BCUT2D eigenvalue weighted by Crippen LogP contribution is 2.45. The molecule has 46 heavy (non-hydrogen) atoms. The number of fused-ring (bicyclic) bond motifs is 6. The Labute approximate surface area is 270 Å². The van der Waals surface area contributed by atoms with E-state index in [0.29, 0.717) is 34.5 Å². The second kappa shape index (κ2) is 12.4. The standard InChI is InChI=1S/C38H42N2O6/c1-39-15-13-25-19-35(43-3)37-21-27(25)29(39)9-5-23-7-11-31(41)33(17-23)46-38-22-28-26(20-36(38)44-4)14-16-40(2)30(28)10-6-24-8-12-32(42)34(18-24)45-37/h7-8,11-12,17-22,29-30,41-42H,5-6,9-10,13-16H2,1-4H3/t29-,30-/m1/s1. The molecular formula is C38H42N2O6. The molecule has 0 radical (unpaired) electrons. The molecule has 0 amide bonds. The van der Waals surface area contributed by atoms with Crippen molar-refractivity contribution in [3.63, 3.8) is 0 Å². The minimum atomic E-state index is 0.0940. The lowest BCUT2D eigenvalue weighted by Gasteiger charge is -2.35. The van der Waals surface area contributed by atoms with Crippen LogP contribution in [0.1, 0.15) is 58.3 Å². The average Bonchev–Trinajstić information content (AvgIpc) is 3.05. The second-order valence-electron chi connectivity index (χ2n) is 12.8. The molecule has 2 N–H and O–H groups in total. The Hall–Kier alpha value is -4.40. The van der Waals surface area contributed by atoms with Crippen LogP contribution < -0.4 is 18.9 Å². The van der Waals surface area contributed by atoms with E-state index in [0.717, 1.165) is 62.7 Å². The van der Waals surface area contributed by atoms with Crippen molar-refractivity contribution in [2.45, 2.75) is 50.6 Å². The molecule has 4 aromatic rings. The zero-order valence-corrected chi connectivity index (χ0v) is 27.0. The Morgan fingerprint density at radius 2 is 1.02 bits per heavy atom. The molecule has 7 rings (SSSR count). The molecule has 8 bridgehead atoms. The number of likely N-dealkylation sites (N-methyl/N-ethyl adjacent to an activating group) is 2. The lowest BCUT2D eigenvalue weighted by atomic mass is 9.88. The molecule has 0 aliphatic carbocycles. The Balaban J connectivity index is 1.34. The number of aryl methyl sites for hydroxylation is 2.